The highest BCUT2D eigenvalue weighted by Crippen LogP contribution is 2.61. The molecule has 0 aliphatic rings. The quantitative estimate of drug-likeness (QED) is 0.0355. The second-order valence-electron chi connectivity index (χ2n) is 17.9. The Morgan fingerprint density at radius 2 is 1.40 bits per heavy atom. The van der Waals surface area contributed by atoms with E-state index in [2.05, 4.69) is 29.1 Å². The second-order valence-corrected chi connectivity index (χ2v) is 19.6. The number of carbonyl (C=O) groups is 5. The van der Waals surface area contributed by atoms with Crippen LogP contribution in [0.25, 0.3) is 10.8 Å². The molecule has 0 aromatic heterocycles. The molecule has 3 rings (SSSR count). The number of carbonyl (C=O) groups excluding carboxylic acids is 4. The van der Waals surface area contributed by atoms with Crippen LogP contribution in [0.15, 0.2) is 92.0 Å². The summed E-state index contributed by atoms with van der Waals surface area (Å²) in [5.74, 6) is -6.98. The molecule has 4 atom stereocenters. The number of primary amides is 1. The van der Waals surface area contributed by atoms with E-state index in [9.17, 15) is 43.4 Å². The predicted octanol–water partition coefficient (Wildman–Crippen LogP) is 5.92. The van der Waals surface area contributed by atoms with Gasteiger partial charge in [0.15, 0.2) is 0 Å². The lowest BCUT2D eigenvalue weighted by Gasteiger charge is -2.43. The van der Waals surface area contributed by atoms with Gasteiger partial charge in [-0.2, -0.15) is 0 Å². The fourth-order valence-corrected chi connectivity index (χ4v) is 8.38. The van der Waals surface area contributed by atoms with Crippen LogP contribution in [0.4, 0.5) is 0 Å². The summed E-state index contributed by atoms with van der Waals surface area (Å²) in [5.41, 5.74) is 0.424. The van der Waals surface area contributed by atoms with Crippen molar-refractivity contribution in [2.24, 2.45) is 17.6 Å². The van der Waals surface area contributed by atoms with E-state index < -0.39 is 90.2 Å². The number of rotatable bonds is 22. The molecule has 0 fully saturated rings. The van der Waals surface area contributed by atoms with E-state index in [-0.39, 0.29) is 18.0 Å². The average molecular weight is 879 g/mol. The lowest BCUT2D eigenvalue weighted by Crippen LogP contribution is -2.60. The van der Waals surface area contributed by atoms with Crippen molar-refractivity contribution >= 4 is 48.0 Å². The van der Waals surface area contributed by atoms with Gasteiger partial charge in [-0.25, -0.2) is 0 Å². The Morgan fingerprint density at radius 3 is 1.92 bits per heavy atom. The molecule has 0 spiro atoms. The van der Waals surface area contributed by atoms with E-state index in [4.69, 9.17) is 15.2 Å². The maximum absolute atomic E-state index is 14.0. The van der Waals surface area contributed by atoms with E-state index in [1.54, 1.807) is 47.6 Å². The fraction of sp³-hybridized carbons (Fsp3) is 0.457. The van der Waals surface area contributed by atoms with Gasteiger partial charge in [0, 0.05) is 18.0 Å². The lowest BCUT2D eigenvalue weighted by atomic mass is 9.82. The van der Waals surface area contributed by atoms with Gasteiger partial charge in [-0.1, -0.05) is 78.9 Å². The molecule has 0 heterocycles. The molecule has 15 nitrogen and oxygen atoms in total. The molecule has 0 radical (unpaired) electrons. The number of hydrogen-bond acceptors (Lipinski definition) is 8. The summed E-state index contributed by atoms with van der Waals surface area (Å²) in [6.45, 7) is 20.3. The molecular formula is C46H63N4O11P. The van der Waals surface area contributed by atoms with Crippen molar-refractivity contribution < 1.29 is 52.9 Å². The lowest BCUT2D eigenvalue weighted by molar-refractivity contribution is -0.279. The van der Waals surface area contributed by atoms with Crippen LogP contribution in [0, 0.1) is 11.8 Å². The molecule has 338 valence electrons. The van der Waals surface area contributed by atoms with Crippen LogP contribution >= 0.6 is 7.60 Å². The topological polar surface area (TPSA) is 244 Å². The Kier molecular flexibility index (Phi) is 17.2. The van der Waals surface area contributed by atoms with Gasteiger partial charge in [-0.05, 0) is 96.0 Å². The summed E-state index contributed by atoms with van der Waals surface area (Å²) in [5, 5.41) is 20.0. The van der Waals surface area contributed by atoms with Gasteiger partial charge in [0.1, 0.15) is 11.6 Å². The number of benzene rings is 3. The molecule has 62 heavy (non-hydrogen) atoms. The minimum absolute atomic E-state index is 0.0325. The van der Waals surface area contributed by atoms with Crippen LogP contribution in [-0.4, -0.2) is 73.8 Å². The van der Waals surface area contributed by atoms with Crippen LogP contribution in [0.3, 0.4) is 0 Å². The van der Waals surface area contributed by atoms with E-state index in [1.807, 2.05) is 42.5 Å². The maximum atomic E-state index is 14.0. The van der Waals surface area contributed by atoms with Gasteiger partial charge < -0.3 is 46.1 Å². The molecule has 0 bridgehead atoms. The summed E-state index contributed by atoms with van der Waals surface area (Å²) in [6, 6.07) is 18.2. The molecule has 0 saturated heterocycles. The molecule has 16 heteroatoms. The van der Waals surface area contributed by atoms with Gasteiger partial charge >= 0.3 is 19.1 Å². The number of ether oxygens (including phenoxy) is 2. The van der Waals surface area contributed by atoms with Crippen molar-refractivity contribution in [1.82, 2.24) is 16.0 Å². The van der Waals surface area contributed by atoms with Gasteiger partial charge in [-0.3, -0.25) is 28.5 Å². The predicted molar refractivity (Wildman–Crippen MR) is 237 cm³/mol. The van der Waals surface area contributed by atoms with Crippen molar-refractivity contribution in [3.63, 3.8) is 0 Å². The first-order valence-electron chi connectivity index (χ1n) is 20.3. The first kappa shape index (κ1) is 51.2. The number of nitrogens with two attached hydrogens (primary N) is 1. The van der Waals surface area contributed by atoms with Gasteiger partial charge in [-0.15, -0.1) is 13.2 Å². The third kappa shape index (κ3) is 14.2. The Hall–Kier alpha value is -5.18. The second kappa shape index (κ2) is 20.8. The molecule has 0 aliphatic heterocycles. The number of carboxylic acids is 1. The standard InChI is InChI=1S/C46H63N4O11P/c1-11-16-29(25-32-19-15-18-30-17-13-14-20-35(30)32)28-48-41(55)37(27-38(47)51)49-42(56)45(9,10)50-40(54)36(26-39(52)53)34(12-2)31-21-23-33(24-22-31)46(62(57,58)59,60-43(3,4)5)61-44(6,7)8/h11-15,17-24,29,34,36-37H,1-2,16,25-28H2,3-10H3,(H2,47,51)(H,48,55)(H,49,56)(H,50,54)(H,52,53)(H2,57,58,59)/t29-,34+,36-,37-/m0/s1. The zero-order chi connectivity index (χ0) is 46.8. The van der Waals surface area contributed by atoms with Crippen LogP contribution < -0.4 is 21.7 Å². The van der Waals surface area contributed by atoms with E-state index >= 15 is 0 Å². The number of fused-ring (bicyclic) bond motifs is 1. The zero-order valence-electron chi connectivity index (χ0n) is 36.9. The third-order valence-corrected chi connectivity index (χ3v) is 11.0. The van der Waals surface area contributed by atoms with Crippen LogP contribution in [-0.2, 0) is 50.0 Å². The van der Waals surface area contributed by atoms with E-state index in [1.165, 1.54) is 44.2 Å². The summed E-state index contributed by atoms with van der Waals surface area (Å²) < 4.78 is 25.1. The SMILES string of the molecule is C=CC[C@H](CNC(=O)[C@H](CC(N)=O)NC(=O)C(C)(C)NC(=O)[C@@H](CC(=O)O)[C@H](C=C)c1ccc(C(OC(C)(C)C)(OC(C)(C)C)P(=O)(O)O)cc1)Cc1cccc2ccccc12. The van der Waals surface area contributed by atoms with Crippen molar-refractivity contribution in [2.45, 2.75) is 115 Å². The normalized spacial score (nSPS) is 14.5. The Bertz CT molecular complexity index is 2130. The molecule has 0 unspecified atom stereocenters. The van der Waals surface area contributed by atoms with Gasteiger partial charge in [0.25, 0.3) is 0 Å². The highest BCUT2D eigenvalue weighted by molar-refractivity contribution is 7.52. The number of nitrogens with one attached hydrogen (secondary N) is 3. The van der Waals surface area contributed by atoms with E-state index in [0.29, 0.717) is 18.4 Å². The molecule has 4 amide bonds. The summed E-state index contributed by atoms with van der Waals surface area (Å²) >= 11 is 0. The molecule has 0 saturated carbocycles. The molecule has 3 aromatic carbocycles. The van der Waals surface area contributed by atoms with E-state index in [0.717, 1.165) is 16.3 Å². The third-order valence-electron chi connectivity index (χ3n) is 9.84. The van der Waals surface area contributed by atoms with Crippen LogP contribution in [0.5, 0.6) is 0 Å². The summed E-state index contributed by atoms with van der Waals surface area (Å²) in [6.07, 6.45) is 3.04. The smallest absolute Gasteiger partial charge is 0.389 e. The Morgan fingerprint density at radius 1 is 0.823 bits per heavy atom. The first-order valence-corrected chi connectivity index (χ1v) is 21.9. The average Bonchev–Trinajstić information content (AvgIpc) is 3.14. The van der Waals surface area contributed by atoms with Crippen molar-refractivity contribution in [3.8, 4) is 0 Å². The number of carboxylic acid groups (broad SMARTS) is 1. The number of amides is 4. The van der Waals surface area contributed by atoms with Crippen molar-refractivity contribution in [3.05, 3.63) is 109 Å². The first-order chi connectivity index (χ1) is 28.6. The van der Waals surface area contributed by atoms with Gasteiger partial charge in [0.05, 0.1) is 30.0 Å². The number of hydrogen-bond donors (Lipinski definition) is 7. The highest BCUT2D eigenvalue weighted by atomic mass is 31.2. The zero-order valence-corrected chi connectivity index (χ0v) is 37.8. The molecular weight excluding hydrogens is 815 g/mol. The fourth-order valence-electron chi connectivity index (χ4n) is 7.11. The minimum Gasteiger partial charge on any atom is -0.481 e. The summed E-state index contributed by atoms with van der Waals surface area (Å²) in [7, 11) is -5.21. The monoisotopic (exact) mass is 878 g/mol. The number of aliphatic carboxylic acids is 1. The van der Waals surface area contributed by atoms with Crippen LogP contribution in [0.2, 0.25) is 0 Å². The molecule has 8 N–H and O–H groups in total. The minimum atomic E-state index is -5.21. The Balaban J connectivity index is 1.85. The summed E-state index contributed by atoms with van der Waals surface area (Å²) in [4.78, 5) is 86.9. The van der Waals surface area contributed by atoms with Gasteiger partial charge in [0.2, 0.25) is 23.6 Å². The maximum Gasteiger partial charge on any atom is 0.389 e. The van der Waals surface area contributed by atoms with Crippen molar-refractivity contribution in [1.29, 1.82) is 0 Å². The molecule has 0 aliphatic carbocycles. The number of allylic oxidation sites excluding steroid dienone is 2. The van der Waals surface area contributed by atoms with Crippen LogP contribution in [0.1, 0.15) is 97.3 Å². The Labute approximate surface area is 364 Å². The highest BCUT2D eigenvalue weighted by Gasteiger charge is 2.56. The largest absolute Gasteiger partial charge is 0.481 e. The molecule has 3 aromatic rings. The van der Waals surface area contributed by atoms with Crippen molar-refractivity contribution in [2.75, 3.05) is 6.54 Å².